The minimum atomic E-state index is 0.414. The Kier molecular flexibility index (Phi) is 3.62. The van der Waals surface area contributed by atoms with E-state index in [2.05, 4.69) is 9.88 Å². The minimum absolute atomic E-state index is 0.414. The Morgan fingerprint density at radius 2 is 2.17 bits per heavy atom. The molecule has 0 aliphatic heterocycles. The van der Waals surface area contributed by atoms with Gasteiger partial charge >= 0.3 is 0 Å². The van der Waals surface area contributed by atoms with Gasteiger partial charge in [0.25, 0.3) is 0 Å². The molecule has 0 radical (unpaired) electrons. The first-order chi connectivity index (χ1) is 8.59. The third-order valence-corrected chi connectivity index (χ3v) is 3.10. The van der Waals surface area contributed by atoms with Crippen molar-refractivity contribution in [2.75, 3.05) is 11.9 Å². The molecule has 94 valence electrons. The van der Waals surface area contributed by atoms with E-state index >= 15 is 0 Å². The van der Waals surface area contributed by atoms with Crippen molar-refractivity contribution in [1.82, 2.24) is 9.55 Å². The molecule has 1 heterocycles. The van der Waals surface area contributed by atoms with Crippen molar-refractivity contribution < 1.29 is 0 Å². The third kappa shape index (κ3) is 2.51. The Morgan fingerprint density at radius 3 is 2.78 bits per heavy atom. The van der Waals surface area contributed by atoms with Gasteiger partial charge in [0.1, 0.15) is 10.8 Å². The summed E-state index contributed by atoms with van der Waals surface area (Å²) in [5.41, 5.74) is 7.65. The minimum Gasteiger partial charge on any atom is -0.389 e. The first kappa shape index (κ1) is 12.6. The molecule has 0 saturated heterocycles. The molecule has 0 saturated carbocycles. The zero-order valence-electron chi connectivity index (χ0n) is 10.5. The first-order valence-electron chi connectivity index (χ1n) is 5.65. The Labute approximate surface area is 112 Å². The van der Waals surface area contributed by atoms with E-state index < -0.39 is 0 Å². The number of thiocarbonyl (C=S) groups is 1. The number of aryl methyl sites for hydroxylation is 1. The van der Waals surface area contributed by atoms with Gasteiger partial charge in [-0.1, -0.05) is 24.4 Å². The Bertz CT molecular complexity index is 562. The van der Waals surface area contributed by atoms with Gasteiger partial charge in [0.2, 0.25) is 0 Å². The van der Waals surface area contributed by atoms with E-state index in [1.165, 1.54) is 0 Å². The van der Waals surface area contributed by atoms with Crippen molar-refractivity contribution in [1.29, 1.82) is 0 Å². The van der Waals surface area contributed by atoms with Crippen LogP contribution in [0.5, 0.6) is 0 Å². The fourth-order valence-electron chi connectivity index (χ4n) is 1.86. The molecule has 5 heteroatoms. The summed E-state index contributed by atoms with van der Waals surface area (Å²) >= 11 is 5.07. The van der Waals surface area contributed by atoms with E-state index in [4.69, 9.17) is 18.0 Å². The predicted molar refractivity (Wildman–Crippen MR) is 77.6 cm³/mol. The van der Waals surface area contributed by atoms with Crippen molar-refractivity contribution in [2.24, 2.45) is 12.8 Å². The topological polar surface area (TPSA) is 47.1 Å². The second-order valence-corrected chi connectivity index (χ2v) is 4.63. The number of hydrogen-bond donors (Lipinski definition) is 1. The van der Waals surface area contributed by atoms with E-state index in [0.29, 0.717) is 11.5 Å². The van der Waals surface area contributed by atoms with Crippen LogP contribution in [0.15, 0.2) is 36.7 Å². The molecule has 4 nitrogen and oxygen atoms in total. The van der Waals surface area contributed by atoms with Gasteiger partial charge in [-0.05, 0) is 12.1 Å². The SMILES string of the molecule is CN(Cc1nccn1C)c1ccccc1C(N)=S. The maximum absolute atomic E-state index is 5.74. The Balaban J connectivity index is 2.26. The van der Waals surface area contributed by atoms with Crippen LogP contribution in [0, 0.1) is 0 Å². The lowest BCUT2D eigenvalue weighted by Gasteiger charge is -2.21. The molecule has 0 fully saturated rings. The summed E-state index contributed by atoms with van der Waals surface area (Å²) in [5.74, 6) is 0.996. The van der Waals surface area contributed by atoms with Crippen molar-refractivity contribution >= 4 is 22.9 Å². The first-order valence-corrected chi connectivity index (χ1v) is 6.06. The monoisotopic (exact) mass is 260 g/mol. The quantitative estimate of drug-likeness (QED) is 0.850. The molecular formula is C13H16N4S. The number of rotatable bonds is 4. The molecule has 0 aliphatic rings. The van der Waals surface area contributed by atoms with Gasteiger partial charge < -0.3 is 15.2 Å². The molecule has 0 bridgehead atoms. The maximum atomic E-state index is 5.74. The van der Waals surface area contributed by atoms with E-state index in [0.717, 1.165) is 17.1 Å². The number of para-hydroxylation sites is 1. The highest BCUT2D eigenvalue weighted by atomic mass is 32.1. The second-order valence-electron chi connectivity index (χ2n) is 4.19. The number of imidazole rings is 1. The Hall–Kier alpha value is -1.88. The molecule has 0 amide bonds. The summed E-state index contributed by atoms with van der Waals surface area (Å²) in [6.07, 6.45) is 3.73. The normalized spacial score (nSPS) is 10.3. The van der Waals surface area contributed by atoms with Crippen molar-refractivity contribution in [2.45, 2.75) is 6.54 Å². The van der Waals surface area contributed by atoms with Crippen LogP contribution in [0.1, 0.15) is 11.4 Å². The smallest absolute Gasteiger partial charge is 0.127 e. The van der Waals surface area contributed by atoms with Gasteiger partial charge in [0, 0.05) is 37.7 Å². The molecule has 1 aromatic carbocycles. The van der Waals surface area contributed by atoms with Crippen LogP contribution in [0.4, 0.5) is 5.69 Å². The fraction of sp³-hybridized carbons (Fsp3) is 0.231. The van der Waals surface area contributed by atoms with Gasteiger partial charge in [0.05, 0.1) is 6.54 Å². The summed E-state index contributed by atoms with van der Waals surface area (Å²) in [4.78, 5) is 6.82. The van der Waals surface area contributed by atoms with E-state index in [-0.39, 0.29) is 0 Å². The third-order valence-electron chi connectivity index (χ3n) is 2.88. The highest BCUT2D eigenvalue weighted by Gasteiger charge is 2.10. The zero-order chi connectivity index (χ0) is 13.1. The van der Waals surface area contributed by atoms with Crippen LogP contribution in [0.3, 0.4) is 0 Å². The highest BCUT2D eigenvalue weighted by molar-refractivity contribution is 7.80. The molecule has 2 aromatic rings. The maximum Gasteiger partial charge on any atom is 0.127 e. The van der Waals surface area contributed by atoms with Gasteiger partial charge in [-0.3, -0.25) is 0 Å². The summed E-state index contributed by atoms with van der Waals surface area (Å²) in [6.45, 7) is 0.711. The molecular weight excluding hydrogens is 244 g/mol. The van der Waals surface area contributed by atoms with Crippen molar-refractivity contribution in [3.63, 3.8) is 0 Å². The highest BCUT2D eigenvalue weighted by Crippen LogP contribution is 2.20. The zero-order valence-corrected chi connectivity index (χ0v) is 11.3. The molecule has 1 aromatic heterocycles. The molecule has 0 aliphatic carbocycles. The number of nitrogens with zero attached hydrogens (tertiary/aromatic N) is 3. The predicted octanol–water partition coefficient (Wildman–Crippen LogP) is 1.69. The summed E-state index contributed by atoms with van der Waals surface area (Å²) < 4.78 is 2.00. The molecule has 0 atom stereocenters. The molecule has 0 spiro atoms. The lowest BCUT2D eigenvalue weighted by Crippen LogP contribution is -2.22. The number of aromatic nitrogens is 2. The average Bonchev–Trinajstić information content (AvgIpc) is 2.75. The van der Waals surface area contributed by atoms with E-state index in [1.807, 2.05) is 49.1 Å². The second kappa shape index (κ2) is 5.18. The lowest BCUT2D eigenvalue weighted by atomic mass is 10.1. The number of nitrogens with two attached hydrogens (primary N) is 1. The number of anilines is 1. The number of benzene rings is 1. The van der Waals surface area contributed by atoms with E-state index in [9.17, 15) is 0 Å². The largest absolute Gasteiger partial charge is 0.389 e. The van der Waals surface area contributed by atoms with Crippen LogP contribution in [-0.2, 0) is 13.6 Å². The summed E-state index contributed by atoms with van der Waals surface area (Å²) in [7, 11) is 3.99. The fourth-order valence-corrected chi connectivity index (χ4v) is 2.03. The van der Waals surface area contributed by atoms with Gasteiger partial charge in [-0.25, -0.2) is 4.98 Å². The van der Waals surface area contributed by atoms with Crippen LogP contribution in [0.25, 0.3) is 0 Å². The number of hydrogen-bond acceptors (Lipinski definition) is 3. The summed E-state index contributed by atoms with van der Waals surface area (Å²) in [5, 5.41) is 0. The van der Waals surface area contributed by atoms with Crippen LogP contribution in [0.2, 0.25) is 0 Å². The van der Waals surface area contributed by atoms with Crippen molar-refractivity contribution in [3.05, 3.63) is 48.0 Å². The van der Waals surface area contributed by atoms with Crippen LogP contribution < -0.4 is 10.6 Å². The molecule has 2 N–H and O–H groups in total. The van der Waals surface area contributed by atoms with Gasteiger partial charge in [-0.2, -0.15) is 0 Å². The van der Waals surface area contributed by atoms with E-state index in [1.54, 1.807) is 6.20 Å². The lowest BCUT2D eigenvalue weighted by molar-refractivity contribution is 0.761. The van der Waals surface area contributed by atoms with Gasteiger partial charge in [-0.15, -0.1) is 0 Å². The molecule has 2 rings (SSSR count). The standard InChI is InChI=1S/C13H16N4S/c1-16-8-7-15-12(16)9-17(2)11-6-4-3-5-10(11)13(14)18/h3-8H,9H2,1-2H3,(H2,14,18). The average molecular weight is 260 g/mol. The van der Waals surface area contributed by atoms with Crippen LogP contribution in [-0.4, -0.2) is 21.6 Å². The Morgan fingerprint density at radius 1 is 1.44 bits per heavy atom. The molecule has 18 heavy (non-hydrogen) atoms. The summed E-state index contributed by atoms with van der Waals surface area (Å²) in [6, 6.07) is 7.86. The molecule has 0 unspecified atom stereocenters. The van der Waals surface area contributed by atoms with Crippen LogP contribution >= 0.6 is 12.2 Å². The van der Waals surface area contributed by atoms with Crippen molar-refractivity contribution in [3.8, 4) is 0 Å². The van der Waals surface area contributed by atoms with Gasteiger partial charge in [0.15, 0.2) is 0 Å².